The molecular weight excluding hydrogens is 194 g/mol. The monoisotopic (exact) mass is 194 g/mol. The zero-order valence-electron chi connectivity index (χ0n) is 3.36. The van der Waals surface area contributed by atoms with Crippen molar-refractivity contribution in [2.75, 3.05) is 0 Å². The van der Waals surface area contributed by atoms with Gasteiger partial charge in [-0.05, 0) is 0 Å². The van der Waals surface area contributed by atoms with Gasteiger partial charge in [-0.15, -0.1) is 0 Å². The predicted molar refractivity (Wildman–Crippen MR) is 0.686 cm³/mol. The van der Waals surface area contributed by atoms with Gasteiger partial charge in [-0.25, -0.2) is 0 Å². The van der Waals surface area contributed by atoms with Crippen molar-refractivity contribution < 1.29 is 98.7 Å². The van der Waals surface area contributed by atoms with Crippen molar-refractivity contribution in [3.05, 3.63) is 0 Å². The molecule has 0 atom stereocenters. The normalized spacial score (nSPS) is 5.14. The molecule has 7 heavy (non-hydrogen) atoms. The number of rotatable bonds is 0. The Morgan fingerprint density at radius 1 is 1.00 bits per heavy atom. The van der Waals surface area contributed by atoms with Crippen LogP contribution in [0.25, 0.3) is 0 Å². The second kappa shape index (κ2) is 15.7. The third kappa shape index (κ3) is 62.7. The molecule has 0 saturated heterocycles. The molecule has 4 nitrogen and oxygen atoms in total. The maximum absolute atomic E-state index is 8.41. The Bertz CT molecular complexity index is 16.4. The van der Waals surface area contributed by atoms with E-state index in [-0.39, 0.29) is 73.9 Å². The fourth-order valence-electron chi connectivity index (χ4n) is 0. The van der Waals surface area contributed by atoms with Crippen molar-refractivity contribution >= 4 is 0 Å². The smallest absolute Gasteiger partial charge is 2.00 e. The van der Waals surface area contributed by atoms with Gasteiger partial charge in [0.25, 0.3) is 0 Å². The van der Waals surface area contributed by atoms with Crippen LogP contribution in [-0.2, 0) is 22.5 Å². The zero-order chi connectivity index (χ0) is 3.58. The minimum Gasteiger partial charge on any atom is -2.00 e. The summed E-state index contributed by atoms with van der Waals surface area (Å²) in [4.78, 5) is 0. The Labute approximate surface area is 96.9 Å². The molecule has 40 valence electrons. The summed E-state index contributed by atoms with van der Waals surface area (Å²) in [6.07, 6.45) is 0. The molecule has 0 aliphatic heterocycles. The third-order valence-corrected chi connectivity index (χ3v) is 0. The van der Waals surface area contributed by atoms with Crippen LogP contribution in [0.5, 0.6) is 0 Å². The Balaban J connectivity index is -0.0000000150. The van der Waals surface area contributed by atoms with Crippen molar-refractivity contribution in [3.63, 3.8) is 0 Å². The first-order valence-corrected chi connectivity index (χ1v) is 1.39. The van der Waals surface area contributed by atoms with Crippen LogP contribution >= 0.6 is 0 Å². The van der Waals surface area contributed by atoms with E-state index < -0.39 is 10.8 Å². The van der Waals surface area contributed by atoms with Gasteiger partial charge in [-0.3, -0.25) is 0 Å². The Morgan fingerprint density at radius 3 is 1.00 bits per heavy atom. The summed E-state index contributed by atoms with van der Waals surface area (Å²) in [6, 6.07) is 0. The molecule has 0 aromatic carbocycles. The van der Waals surface area contributed by atoms with Gasteiger partial charge < -0.3 is 19.5 Å². The quantitative estimate of drug-likeness (QED) is 0.358. The van der Waals surface area contributed by atoms with Gasteiger partial charge in [-0.1, -0.05) is 0 Å². The van der Waals surface area contributed by atoms with Gasteiger partial charge in [0.1, 0.15) is 0 Å². The van der Waals surface area contributed by atoms with E-state index >= 15 is 0 Å². The van der Waals surface area contributed by atoms with E-state index in [1.165, 1.54) is 0 Å². The molecule has 0 bridgehead atoms. The molecule has 0 aliphatic rings. The summed E-state index contributed by atoms with van der Waals surface area (Å²) in [5.41, 5.74) is 0. The number of halogens is 1. The summed E-state index contributed by atoms with van der Waals surface area (Å²) in [6.45, 7) is 0. The van der Waals surface area contributed by atoms with Crippen LogP contribution in [0.4, 0.5) is 0 Å². The van der Waals surface area contributed by atoms with E-state index in [1.54, 1.807) is 0 Å². The predicted octanol–water partition coefficient (Wildman–Crippen LogP) is -6.68. The van der Waals surface area contributed by atoms with Crippen molar-refractivity contribution in [1.29, 1.82) is 0 Å². The summed E-state index contributed by atoms with van der Waals surface area (Å²) < 4.78 is 25.2. The van der Waals surface area contributed by atoms with Crippen molar-refractivity contribution in [2.24, 2.45) is 0 Å². The summed E-state index contributed by atoms with van der Waals surface area (Å²) in [5, 5.41) is 0. The van der Waals surface area contributed by atoms with Crippen LogP contribution in [-0.4, -0.2) is 0 Å². The van der Waals surface area contributed by atoms with Gasteiger partial charge >= 0.3 is 68.5 Å². The molecule has 0 spiro atoms. The molecule has 0 rings (SSSR count). The van der Waals surface area contributed by atoms with Crippen molar-refractivity contribution in [2.45, 2.75) is 0 Å². The van der Waals surface area contributed by atoms with Gasteiger partial charge in [-0.2, -0.15) is 0 Å². The second-order valence-corrected chi connectivity index (χ2v) is 0.567. The van der Waals surface area contributed by atoms with E-state index in [2.05, 4.69) is 0 Å². The fourth-order valence-corrected chi connectivity index (χ4v) is 0. The van der Waals surface area contributed by atoms with Crippen LogP contribution in [0.1, 0.15) is 0 Å². The molecule has 0 aromatic rings. The average molecular weight is 194 g/mol. The molecule has 0 heterocycles. The molecular formula is ClFeKO4. The molecule has 0 aliphatic carbocycles. The van der Waals surface area contributed by atoms with E-state index in [9.17, 15) is 0 Å². The van der Waals surface area contributed by atoms with Crippen LogP contribution in [0, 0.1) is 10.8 Å². The van der Waals surface area contributed by atoms with Crippen LogP contribution in [0.2, 0.25) is 0 Å². The SMILES string of the molecule is [Fe+2].[K+].[O-2].[O-][Cl+2]([O-])[O-]. The Hall–Kier alpha value is 2.29. The van der Waals surface area contributed by atoms with Crippen LogP contribution in [0.15, 0.2) is 0 Å². The third-order valence-electron chi connectivity index (χ3n) is 0. The molecule has 0 saturated carbocycles. The summed E-state index contributed by atoms with van der Waals surface area (Å²) in [7, 11) is -2.85. The first-order valence-electron chi connectivity index (χ1n) is 0.463. The molecule has 0 fully saturated rings. The first-order chi connectivity index (χ1) is 1.73. The minimum atomic E-state index is -2.85. The van der Waals surface area contributed by atoms with E-state index in [0.717, 1.165) is 0 Å². The first kappa shape index (κ1) is 22.8. The van der Waals surface area contributed by atoms with E-state index in [4.69, 9.17) is 14.0 Å². The van der Waals surface area contributed by atoms with Crippen LogP contribution in [0.3, 0.4) is 0 Å². The molecule has 0 amide bonds. The van der Waals surface area contributed by atoms with Gasteiger partial charge in [0, 0.05) is 0 Å². The summed E-state index contributed by atoms with van der Waals surface area (Å²) >= 11 is 0. The molecule has 0 aromatic heterocycles. The summed E-state index contributed by atoms with van der Waals surface area (Å²) in [5.74, 6) is 0. The minimum absolute atomic E-state index is 0. The standard InChI is InChI=1S/ClO3.Fe.K.O/c2-1(3)4;;;/q-1;+2;+1;-2. The Morgan fingerprint density at radius 2 is 1.00 bits per heavy atom. The van der Waals surface area contributed by atoms with Gasteiger partial charge in [0.2, 0.25) is 0 Å². The van der Waals surface area contributed by atoms with E-state index in [1.807, 2.05) is 0 Å². The van der Waals surface area contributed by atoms with Crippen LogP contribution < -0.4 is 65.4 Å². The number of hydrogen-bond acceptors (Lipinski definition) is 3. The Kier molecular flexibility index (Phi) is 51.3. The average Bonchev–Trinajstić information content (AvgIpc) is 0.811. The topological polar surface area (TPSA) is 97.7 Å². The second-order valence-electron chi connectivity index (χ2n) is 0.189. The maximum Gasteiger partial charge on any atom is 2.00 e. The molecule has 7 heteroatoms. The molecule has 0 N–H and O–H groups in total. The maximum atomic E-state index is 8.41. The molecule has 0 unspecified atom stereocenters. The molecule has 0 radical (unpaired) electrons. The van der Waals surface area contributed by atoms with Gasteiger partial charge in [0.05, 0.1) is 10.8 Å². The van der Waals surface area contributed by atoms with Gasteiger partial charge in [0.15, 0.2) is 0 Å². The largest absolute Gasteiger partial charge is 2.00 e. The zero-order valence-corrected chi connectivity index (χ0v) is 8.35. The van der Waals surface area contributed by atoms with Crippen molar-refractivity contribution in [1.82, 2.24) is 0 Å². The van der Waals surface area contributed by atoms with E-state index in [0.29, 0.717) is 0 Å². The van der Waals surface area contributed by atoms with Crippen molar-refractivity contribution in [3.8, 4) is 0 Å². The fraction of sp³-hybridized carbons (Fsp3) is 0. The number of hydrogen-bond donors (Lipinski definition) is 0.